The summed E-state index contributed by atoms with van der Waals surface area (Å²) in [5.41, 5.74) is 6.66. The van der Waals surface area contributed by atoms with Crippen molar-refractivity contribution in [2.45, 2.75) is 6.92 Å². The Morgan fingerprint density at radius 3 is 2.72 bits per heavy atom. The van der Waals surface area contributed by atoms with Crippen molar-refractivity contribution in [3.63, 3.8) is 0 Å². The van der Waals surface area contributed by atoms with Crippen molar-refractivity contribution in [3.05, 3.63) is 35.4 Å². The van der Waals surface area contributed by atoms with E-state index in [9.17, 15) is 9.00 Å². The second-order valence-electron chi connectivity index (χ2n) is 3.63. The first-order valence-corrected chi connectivity index (χ1v) is 7.47. The van der Waals surface area contributed by atoms with E-state index in [0.29, 0.717) is 29.2 Å². The number of nitrogens with two attached hydrogens (primary N) is 1. The highest BCUT2D eigenvalue weighted by atomic mass is 32.2. The van der Waals surface area contributed by atoms with E-state index < -0.39 is 10.8 Å². The predicted octanol–water partition coefficient (Wildman–Crippen LogP) is 0.819. The summed E-state index contributed by atoms with van der Waals surface area (Å²) in [5, 5.41) is 2.71. The van der Waals surface area contributed by atoms with Crippen LogP contribution in [0.15, 0.2) is 24.3 Å². The standard InChI is InChI=1S/C12H16N2O2S2/c1-2-18(16)7-6-14-12(15)10-5-3-4-9(8-10)11(13)17/h3-5,8H,2,6-7H2,1H3,(H2,13,17)(H,14,15). The van der Waals surface area contributed by atoms with Crippen LogP contribution >= 0.6 is 12.2 Å². The van der Waals surface area contributed by atoms with E-state index in [4.69, 9.17) is 18.0 Å². The van der Waals surface area contributed by atoms with Crippen molar-refractivity contribution in [1.82, 2.24) is 5.32 Å². The summed E-state index contributed by atoms with van der Waals surface area (Å²) in [6.45, 7) is 2.25. The lowest BCUT2D eigenvalue weighted by molar-refractivity contribution is 0.0956. The molecule has 0 aliphatic carbocycles. The molecule has 0 bridgehead atoms. The molecule has 1 unspecified atom stereocenters. The molecule has 0 aromatic heterocycles. The zero-order chi connectivity index (χ0) is 13.5. The number of amides is 1. The summed E-state index contributed by atoms with van der Waals surface area (Å²) in [6.07, 6.45) is 0. The minimum absolute atomic E-state index is 0.207. The van der Waals surface area contributed by atoms with Crippen LogP contribution in [0.1, 0.15) is 22.8 Å². The van der Waals surface area contributed by atoms with E-state index >= 15 is 0 Å². The topological polar surface area (TPSA) is 72.2 Å². The molecule has 4 nitrogen and oxygen atoms in total. The Balaban J connectivity index is 2.59. The third-order valence-electron chi connectivity index (χ3n) is 2.35. The third kappa shape index (κ3) is 4.54. The molecular weight excluding hydrogens is 268 g/mol. The number of carbonyl (C=O) groups is 1. The molecule has 98 valence electrons. The van der Waals surface area contributed by atoms with E-state index in [1.165, 1.54) is 0 Å². The van der Waals surface area contributed by atoms with E-state index in [2.05, 4.69) is 5.32 Å². The molecule has 0 spiro atoms. The van der Waals surface area contributed by atoms with E-state index in [1.807, 2.05) is 6.92 Å². The number of benzene rings is 1. The SMILES string of the molecule is CCS(=O)CCNC(=O)c1cccc(C(N)=S)c1. The average Bonchev–Trinajstić information content (AvgIpc) is 2.38. The van der Waals surface area contributed by atoms with Gasteiger partial charge in [0, 0.05) is 40.0 Å². The van der Waals surface area contributed by atoms with Crippen LogP contribution in [0.5, 0.6) is 0 Å². The number of carbonyl (C=O) groups excluding carboxylic acids is 1. The lowest BCUT2D eigenvalue weighted by atomic mass is 10.1. The Kier molecular flexibility index (Phi) is 5.94. The molecule has 0 fully saturated rings. The Labute approximate surface area is 114 Å². The molecule has 0 saturated carbocycles. The van der Waals surface area contributed by atoms with E-state index in [0.717, 1.165) is 0 Å². The molecule has 18 heavy (non-hydrogen) atoms. The molecule has 1 rings (SSSR count). The molecule has 3 N–H and O–H groups in total. The second kappa shape index (κ2) is 7.23. The summed E-state index contributed by atoms with van der Waals surface area (Å²) in [6, 6.07) is 6.82. The molecule has 0 heterocycles. The van der Waals surface area contributed by atoms with Crippen molar-refractivity contribution in [3.8, 4) is 0 Å². The number of nitrogens with one attached hydrogen (secondary N) is 1. The van der Waals surface area contributed by atoms with Crippen molar-refractivity contribution >= 4 is 33.9 Å². The molecule has 1 aromatic rings. The van der Waals surface area contributed by atoms with Gasteiger partial charge in [0.25, 0.3) is 5.91 Å². The van der Waals surface area contributed by atoms with Gasteiger partial charge in [0.2, 0.25) is 0 Å². The smallest absolute Gasteiger partial charge is 0.251 e. The highest BCUT2D eigenvalue weighted by molar-refractivity contribution is 7.84. The summed E-state index contributed by atoms with van der Waals surface area (Å²) in [5.74, 6) is 0.866. The maximum absolute atomic E-state index is 11.8. The predicted molar refractivity (Wildman–Crippen MR) is 78.2 cm³/mol. The van der Waals surface area contributed by atoms with Gasteiger partial charge >= 0.3 is 0 Å². The molecule has 1 aromatic carbocycles. The molecule has 0 aliphatic heterocycles. The maximum atomic E-state index is 11.8. The maximum Gasteiger partial charge on any atom is 0.251 e. The van der Waals surface area contributed by atoms with Crippen LogP contribution in [0.3, 0.4) is 0 Å². The van der Waals surface area contributed by atoms with Crippen LogP contribution in [0, 0.1) is 0 Å². The summed E-state index contributed by atoms with van der Waals surface area (Å²) < 4.78 is 11.2. The van der Waals surface area contributed by atoms with Crippen molar-refractivity contribution < 1.29 is 9.00 Å². The average molecular weight is 284 g/mol. The van der Waals surface area contributed by atoms with Gasteiger partial charge in [-0.3, -0.25) is 9.00 Å². The first-order chi connectivity index (χ1) is 8.54. The Bertz CT molecular complexity index is 475. The molecule has 0 aliphatic rings. The second-order valence-corrected chi connectivity index (χ2v) is 5.94. The normalized spacial score (nSPS) is 11.8. The van der Waals surface area contributed by atoms with Gasteiger partial charge < -0.3 is 11.1 Å². The number of thiocarbonyl (C=S) groups is 1. The van der Waals surface area contributed by atoms with Gasteiger partial charge in [-0.05, 0) is 12.1 Å². The number of rotatable bonds is 6. The summed E-state index contributed by atoms with van der Waals surface area (Å²) in [7, 11) is -0.867. The quantitative estimate of drug-likeness (QED) is 0.759. The highest BCUT2D eigenvalue weighted by Crippen LogP contribution is 2.05. The number of hydrogen-bond donors (Lipinski definition) is 2. The van der Waals surface area contributed by atoms with Gasteiger partial charge in [0.1, 0.15) is 4.99 Å². The van der Waals surface area contributed by atoms with Crippen LogP contribution in [0.2, 0.25) is 0 Å². The largest absolute Gasteiger partial charge is 0.389 e. The Hall–Kier alpha value is -1.27. The van der Waals surface area contributed by atoms with Crippen LogP contribution < -0.4 is 11.1 Å². The van der Waals surface area contributed by atoms with E-state index in [1.54, 1.807) is 24.3 Å². The fraction of sp³-hybridized carbons (Fsp3) is 0.333. The van der Waals surface area contributed by atoms with Gasteiger partial charge in [0.05, 0.1) is 0 Å². The van der Waals surface area contributed by atoms with Crippen molar-refractivity contribution in [1.29, 1.82) is 0 Å². The molecule has 6 heteroatoms. The van der Waals surface area contributed by atoms with Gasteiger partial charge in [-0.1, -0.05) is 31.3 Å². The first-order valence-electron chi connectivity index (χ1n) is 5.57. The summed E-state index contributed by atoms with van der Waals surface area (Å²) in [4.78, 5) is 12.1. The number of hydrogen-bond acceptors (Lipinski definition) is 3. The highest BCUT2D eigenvalue weighted by Gasteiger charge is 2.07. The lowest BCUT2D eigenvalue weighted by Gasteiger charge is -2.06. The van der Waals surface area contributed by atoms with Crippen LogP contribution in [0.4, 0.5) is 0 Å². The van der Waals surface area contributed by atoms with Gasteiger partial charge in [-0.25, -0.2) is 0 Å². The molecule has 0 saturated heterocycles. The lowest BCUT2D eigenvalue weighted by Crippen LogP contribution is -2.28. The van der Waals surface area contributed by atoms with E-state index in [-0.39, 0.29) is 10.9 Å². The van der Waals surface area contributed by atoms with Gasteiger partial charge in [0.15, 0.2) is 0 Å². The third-order valence-corrected chi connectivity index (χ3v) is 3.89. The Morgan fingerprint density at radius 2 is 2.11 bits per heavy atom. The molecule has 0 radical (unpaired) electrons. The summed E-state index contributed by atoms with van der Waals surface area (Å²) >= 11 is 4.85. The van der Waals surface area contributed by atoms with Crippen LogP contribution in [0.25, 0.3) is 0 Å². The molecule has 1 atom stereocenters. The van der Waals surface area contributed by atoms with Crippen molar-refractivity contribution in [2.24, 2.45) is 5.73 Å². The van der Waals surface area contributed by atoms with Crippen LogP contribution in [-0.4, -0.2) is 33.2 Å². The monoisotopic (exact) mass is 284 g/mol. The molecule has 1 amide bonds. The Morgan fingerprint density at radius 1 is 1.44 bits per heavy atom. The van der Waals surface area contributed by atoms with Crippen LogP contribution in [-0.2, 0) is 10.8 Å². The first kappa shape index (κ1) is 14.8. The minimum atomic E-state index is -0.867. The fourth-order valence-electron chi connectivity index (χ4n) is 1.34. The zero-order valence-corrected chi connectivity index (χ0v) is 11.8. The fourth-order valence-corrected chi connectivity index (χ4v) is 2.08. The van der Waals surface area contributed by atoms with Gasteiger partial charge in [-0.2, -0.15) is 0 Å². The molecular formula is C12H16N2O2S2. The van der Waals surface area contributed by atoms with Crippen molar-refractivity contribution in [2.75, 3.05) is 18.1 Å². The minimum Gasteiger partial charge on any atom is -0.389 e. The zero-order valence-electron chi connectivity index (χ0n) is 10.1. The van der Waals surface area contributed by atoms with Gasteiger partial charge in [-0.15, -0.1) is 0 Å².